The molecule has 0 radical (unpaired) electrons. The number of carbonyl (C=O) groups is 1. The molecule has 0 atom stereocenters. The van der Waals surface area contributed by atoms with Crippen LogP contribution in [0.25, 0.3) is 0 Å². The predicted octanol–water partition coefficient (Wildman–Crippen LogP) is 2.20. The normalized spacial score (nSPS) is 13.8. The topological polar surface area (TPSA) is 46.3 Å². The van der Waals surface area contributed by atoms with Crippen molar-refractivity contribution >= 4 is 18.3 Å². The van der Waals surface area contributed by atoms with Crippen molar-refractivity contribution in [1.82, 2.24) is 4.90 Å². The molecule has 0 aromatic heterocycles. The van der Waals surface area contributed by atoms with Gasteiger partial charge >= 0.3 is 0 Å². The lowest BCUT2D eigenvalue weighted by Crippen LogP contribution is -2.35. The van der Waals surface area contributed by atoms with Crippen molar-refractivity contribution in [1.29, 1.82) is 0 Å². The summed E-state index contributed by atoms with van der Waals surface area (Å²) in [4.78, 5) is 13.9. The molecule has 2 N–H and O–H groups in total. The standard InChI is InChI=1S/C14H20N2O.ClH/c15-8-9-16(14(17)10-12-6-7-12)11-13-4-2-1-3-5-13;/h1-5,12H,6-11,15H2;1H. The molecule has 0 saturated heterocycles. The van der Waals surface area contributed by atoms with Gasteiger partial charge < -0.3 is 10.6 Å². The molecular formula is C14H21ClN2O. The highest BCUT2D eigenvalue weighted by molar-refractivity contribution is 5.85. The lowest BCUT2D eigenvalue weighted by atomic mass is 10.2. The van der Waals surface area contributed by atoms with Crippen LogP contribution in [0.1, 0.15) is 24.8 Å². The van der Waals surface area contributed by atoms with E-state index < -0.39 is 0 Å². The molecule has 2 rings (SSSR count). The zero-order chi connectivity index (χ0) is 12.1. The third kappa shape index (κ3) is 4.67. The van der Waals surface area contributed by atoms with E-state index in [2.05, 4.69) is 0 Å². The van der Waals surface area contributed by atoms with Crippen molar-refractivity contribution in [2.45, 2.75) is 25.8 Å². The number of benzene rings is 1. The average Bonchev–Trinajstić information content (AvgIpc) is 3.14. The minimum Gasteiger partial charge on any atom is -0.337 e. The van der Waals surface area contributed by atoms with Crippen molar-refractivity contribution in [2.24, 2.45) is 11.7 Å². The van der Waals surface area contributed by atoms with Gasteiger partial charge in [0.05, 0.1) is 0 Å². The summed E-state index contributed by atoms with van der Waals surface area (Å²) in [6.07, 6.45) is 3.13. The van der Waals surface area contributed by atoms with Gasteiger partial charge in [-0.25, -0.2) is 0 Å². The molecule has 4 heteroatoms. The Morgan fingerprint density at radius 3 is 2.50 bits per heavy atom. The second kappa shape index (κ2) is 7.39. The Kier molecular flexibility index (Phi) is 6.16. The van der Waals surface area contributed by atoms with Gasteiger partial charge in [-0.15, -0.1) is 12.4 Å². The summed E-state index contributed by atoms with van der Waals surface area (Å²) in [5.74, 6) is 0.889. The fourth-order valence-corrected chi connectivity index (χ4v) is 1.95. The zero-order valence-electron chi connectivity index (χ0n) is 10.5. The third-order valence-corrected chi connectivity index (χ3v) is 3.13. The summed E-state index contributed by atoms with van der Waals surface area (Å²) >= 11 is 0. The van der Waals surface area contributed by atoms with Crippen molar-refractivity contribution in [3.05, 3.63) is 35.9 Å². The first-order chi connectivity index (χ1) is 8.29. The van der Waals surface area contributed by atoms with Crippen molar-refractivity contribution < 1.29 is 4.79 Å². The predicted molar refractivity (Wildman–Crippen MR) is 75.5 cm³/mol. The second-order valence-corrected chi connectivity index (χ2v) is 4.74. The Morgan fingerprint density at radius 1 is 1.28 bits per heavy atom. The highest BCUT2D eigenvalue weighted by atomic mass is 35.5. The van der Waals surface area contributed by atoms with Crippen LogP contribution in [0.2, 0.25) is 0 Å². The largest absolute Gasteiger partial charge is 0.337 e. The number of nitrogens with two attached hydrogens (primary N) is 1. The highest BCUT2D eigenvalue weighted by Crippen LogP contribution is 2.32. The van der Waals surface area contributed by atoms with Crippen LogP contribution >= 0.6 is 12.4 Å². The lowest BCUT2D eigenvalue weighted by Gasteiger charge is -2.22. The Labute approximate surface area is 115 Å². The molecule has 1 amide bonds. The zero-order valence-corrected chi connectivity index (χ0v) is 11.4. The Balaban J connectivity index is 0.00000162. The highest BCUT2D eigenvalue weighted by Gasteiger charge is 2.26. The van der Waals surface area contributed by atoms with E-state index in [1.165, 1.54) is 18.4 Å². The summed E-state index contributed by atoms with van der Waals surface area (Å²) in [5.41, 5.74) is 6.74. The first kappa shape index (κ1) is 15.0. The summed E-state index contributed by atoms with van der Waals surface area (Å²) in [6.45, 7) is 1.87. The van der Waals surface area contributed by atoms with E-state index in [4.69, 9.17) is 5.73 Å². The number of hydrogen-bond acceptors (Lipinski definition) is 2. The van der Waals surface area contributed by atoms with Crippen LogP contribution in [-0.4, -0.2) is 23.9 Å². The lowest BCUT2D eigenvalue weighted by molar-refractivity contribution is -0.132. The van der Waals surface area contributed by atoms with Gasteiger partial charge in [0.1, 0.15) is 0 Å². The van der Waals surface area contributed by atoms with Gasteiger partial charge in [-0.3, -0.25) is 4.79 Å². The molecule has 0 heterocycles. The Bertz CT molecular complexity index is 365. The number of halogens is 1. The molecule has 1 fully saturated rings. The van der Waals surface area contributed by atoms with Crippen molar-refractivity contribution in [2.75, 3.05) is 13.1 Å². The molecule has 1 aromatic rings. The molecule has 0 bridgehead atoms. The fourth-order valence-electron chi connectivity index (χ4n) is 1.95. The molecule has 1 aromatic carbocycles. The van der Waals surface area contributed by atoms with Gasteiger partial charge in [-0.05, 0) is 24.3 Å². The molecule has 0 unspecified atom stereocenters. The third-order valence-electron chi connectivity index (χ3n) is 3.13. The van der Waals surface area contributed by atoms with Crippen LogP contribution in [0.15, 0.2) is 30.3 Å². The van der Waals surface area contributed by atoms with Gasteiger partial charge in [-0.1, -0.05) is 30.3 Å². The van der Waals surface area contributed by atoms with Crippen LogP contribution in [0.5, 0.6) is 0 Å². The van der Waals surface area contributed by atoms with Crippen LogP contribution in [-0.2, 0) is 11.3 Å². The number of hydrogen-bond donors (Lipinski definition) is 1. The minimum atomic E-state index is 0. The first-order valence-electron chi connectivity index (χ1n) is 6.31. The molecule has 1 aliphatic rings. The first-order valence-corrected chi connectivity index (χ1v) is 6.31. The summed E-state index contributed by atoms with van der Waals surface area (Å²) < 4.78 is 0. The van der Waals surface area contributed by atoms with E-state index in [0.717, 1.165) is 0 Å². The van der Waals surface area contributed by atoms with E-state index >= 15 is 0 Å². The van der Waals surface area contributed by atoms with Gasteiger partial charge in [0.25, 0.3) is 0 Å². The van der Waals surface area contributed by atoms with Crippen molar-refractivity contribution in [3.63, 3.8) is 0 Å². The molecule has 3 nitrogen and oxygen atoms in total. The van der Waals surface area contributed by atoms with Gasteiger partial charge in [0, 0.05) is 26.1 Å². The maximum Gasteiger partial charge on any atom is 0.223 e. The molecule has 1 aliphatic carbocycles. The average molecular weight is 269 g/mol. The minimum absolute atomic E-state index is 0. The van der Waals surface area contributed by atoms with E-state index in [1.807, 2.05) is 35.2 Å². The maximum atomic E-state index is 12.1. The Hall–Kier alpha value is -1.06. The molecule has 0 spiro atoms. The van der Waals surface area contributed by atoms with Gasteiger partial charge in [0.2, 0.25) is 5.91 Å². The van der Waals surface area contributed by atoms with Gasteiger partial charge in [0.15, 0.2) is 0 Å². The number of carbonyl (C=O) groups excluding carboxylic acids is 1. The fraction of sp³-hybridized carbons (Fsp3) is 0.500. The van der Waals surface area contributed by atoms with Crippen LogP contribution in [0.3, 0.4) is 0 Å². The monoisotopic (exact) mass is 268 g/mol. The van der Waals surface area contributed by atoms with Gasteiger partial charge in [-0.2, -0.15) is 0 Å². The molecular weight excluding hydrogens is 248 g/mol. The maximum absolute atomic E-state index is 12.1. The summed E-state index contributed by atoms with van der Waals surface area (Å²) in [6, 6.07) is 10.1. The number of amides is 1. The Morgan fingerprint density at radius 2 is 1.94 bits per heavy atom. The molecule has 1 saturated carbocycles. The quantitative estimate of drug-likeness (QED) is 0.860. The van der Waals surface area contributed by atoms with Crippen LogP contribution in [0, 0.1) is 5.92 Å². The number of nitrogens with zero attached hydrogens (tertiary/aromatic N) is 1. The SMILES string of the molecule is Cl.NCCN(Cc1ccccc1)C(=O)CC1CC1. The number of rotatable bonds is 6. The second-order valence-electron chi connectivity index (χ2n) is 4.74. The smallest absolute Gasteiger partial charge is 0.223 e. The van der Waals surface area contributed by atoms with Crippen LogP contribution < -0.4 is 5.73 Å². The van der Waals surface area contributed by atoms with E-state index in [1.54, 1.807) is 0 Å². The molecule has 0 aliphatic heterocycles. The van der Waals surface area contributed by atoms with Crippen molar-refractivity contribution in [3.8, 4) is 0 Å². The summed E-state index contributed by atoms with van der Waals surface area (Å²) in [5, 5.41) is 0. The molecule has 100 valence electrons. The van der Waals surface area contributed by atoms with E-state index in [9.17, 15) is 4.79 Å². The van der Waals surface area contributed by atoms with Crippen LogP contribution in [0.4, 0.5) is 0 Å². The van der Waals surface area contributed by atoms with E-state index in [0.29, 0.717) is 32.0 Å². The molecule has 18 heavy (non-hydrogen) atoms. The van der Waals surface area contributed by atoms with E-state index in [-0.39, 0.29) is 18.3 Å². The summed E-state index contributed by atoms with van der Waals surface area (Å²) in [7, 11) is 0.